The van der Waals surface area contributed by atoms with Crippen molar-refractivity contribution in [1.29, 1.82) is 0 Å². The molecule has 0 atom stereocenters. The molecule has 0 amide bonds. The standard InChI is InChI=1S/C19H20FN3O2/c1-2-10-4-18(24)16(20)8-14(10)11-3-17-15(9-22-23-17)19(5-11)25-13-6-12(21)7-13/h3-5,8-9,12-13,24H,2,6-7,21H2,1H3,(H,22,23). The van der Waals surface area contributed by atoms with Crippen LogP contribution < -0.4 is 10.5 Å². The lowest BCUT2D eigenvalue weighted by Crippen LogP contribution is -2.43. The van der Waals surface area contributed by atoms with Crippen molar-refractivity contribution in [1.82, 2.24) is 10.2 Å². The Hall–Kier alpha value is -2.60. The first-order chi connectivity index (χ1) is 12.0. The van der Waals surface area contributed by atoms with Crippen LogP contribution in [-0.2, 0) is 6.42 Å². The molecule has 1 heterocycles. The Bertz CT molecular complexity index is 932. The molecule has 0 radical (unpaired) electrons. The number of rotatable bonds is 4. The summed E-state index contributed by atoms with van der Waals surface area (Å²) in [6.07, 6.45) is 4.17. The van der Waals surface area contributed by atoms with E-state index >= 15 is 0 Å². The summed E-state index contributed by atoms with van der Waals surface area (Å²) in [6, 6.07) is 6.88. The van der Waals surface area contributed by atoms with Crippen molar-refractivity contribution in [2.45, 2.75) is 38.3 Å². The molecule has 25 heavy (non-hydrogen) atoms. The van der Waals surface area contributed by atoms with Crippen LogP contribution in [0.2, 0.25) is 0 Å². The maximum absolute atomic E-state index is 13.9. The summed E-state index contributed by atoms with van der Waals surface area (Å²) < 4.78 is 20.0. The summed E-state index contributed by atoms with van der Waals surface area (Å²) in [5.74, 6) is -0.249. The number of hydrogen-bond acceptors (Lipinski definition) is 4. The molecule has 2 aromatic carbocycles. The third-order valence-corrected chi connectivity index (χ3v) is 4.81. The number of aromatic nitrogens is 2. The summed E-state index contributed by atoms with van der Waals surface area (Å²) in [6.45, 7) is 1.97. The second kappa shape index (κ2) is 6.04. The van der Waals surface area contributed by atoms with E-state index in [9.17, 15) is 9.50 Å². The first-order valence-electron chi connectivity index (χ1n) is 8.46. The van der Waals surface area contributed by atoms with Crippen LogP contribution in [0.5, 0.6) is 11.5 Å². The van der Waals surface area contributed by atoms with E-state index in [4.69, 9.17) is 10.5 Å². The number of nitrogens with zero attached hydrogens (tertiary/aromatic N) is 1. The molecule has 1 aromatic heterocycles. The SMILES string of the molecule is CCc1cc(O)c(F)cc1-c1cc(OC2CC(N)C2)c2cn[nH]c2c1. The predicted octanol–water partition coefficient (Wildman–Crippen LogP) is 3.51. The van der Waals surface area contributed by atoms with Gasteiger partial charge in [-0.25, -0.2) is 4.39 Å². The molecule has 4 rings (SSSR count). The molecule has 1 saturated carbocycles. The van der Waals surface area contributed by atoms with Crippen LogP contribution in [0, 0.1) is 5.82 Å². The molecule has 0 aliphatic heterocycles. The van der Waals surface area contributed by atoms with E-state index in [1.54, 1.807) is 6.20 Å². The molecule has 3 aromatic rings. The number of nitrogens with two attached hydrogens (primary N) is 1. The summed E-state index contributed by atoms with van der Waals surface area (Å²) in [4.78, 5) is 0. The second-order valence-corrected chi connectivity index (χ2v) is 6.59. The Morgan fingerprint density at radius 2 is 2.12 bits per heavy atom. The predicted molar refractivity (Wildman–Crippen MR) is 94.2 cm³/mol. The zero-order chi connectivity index (χ0) is 17.6. The summed E-state index contributed by atoms with van der Waals surface area (Å²) in [7, 11) is 0. The summed E-state index contributed by atoms with van der Waals surface area (Å²) >= 11 is 0. The minimum Gasteiger partial charge on any atom is -0.505 e. The molecule has 6 heteroatoms. The van der Waals surface area contributed by atoms with E-state index in [2.05, 4.69) is 10.2 Å². The van der Waals surface area contributed by atoms with Crippen LogP contribution in [0.1, 0.15) is 25.3 Å². The first-order valence-corrected chi connectivity index (χ1v) is 8.46. The van der Waals surface area contributed by atoms with Gasteiger partial charge in [-0.15, -0.1) is 0 Å². The van der Waals surface area contributed by atoms with E-state index < -0.39 is 5.82 Å². The van der Waals surface area contributed by atoms with Crippen molar-refractivity contribution in [3.05, 3.63) is 41.8 Å². The third-order valence-electron chi connectivity index (χ3n) is 4.81. The molecule has 0 spiro atoms. The maximum atomic E-state index is 13.9. The molecule has 1 aliphatic rings. The molecule has 5 nitrogen and oxygen atoms in total. The fourth-order valence-corrected chi connectivity index (χ4v) is 3.32. The van der Waals surface area contributed by atoms with Crippen molar-refractivity contribution in [3.63, 3.8) is 0 Å². The summed E-state index contributed by atoms with van der Waals surface area (Å²) in [5, 5.41) is 17.6. The Morgan fingerprint density at radius 3 is 2.84 bits per heavy atom. The fraction of sp³-hybridized carbons (Fsp3) is 0.316. The van der Waals surface area contributed by atoms with Gasteiger partial charge in [0.1, 0.15) is 11.9 Å². The lowest BCUT2D eigenvalue weighted by atomic mass is 9.90. The number of aryl methyl sites for hydroxylation is 1. The highest BCUT2D eigenvalue weighted by Gasteiger charge is 2.28. The molecule has 1 aliphatic carbocycles. The molecule has 0 bridgehead atoms. The zero-order valence-corrected chi connectivity index (χ0v) is 13.9. The van der Waals surface area contributed by atoms with Gasteiger partial charge in [0, 0.05) is 6.04 Å². The van der Waals surface area contributed by atoms with Crippen molar-refractivity contribution >= 4 is 10.9 Å². The van der Waals surface area contributed by atoms with Gasteiger partial charge in [-0.2, -0.15) is 5.10 Å². The largest absolute Gasteiger partial charge is 0.505 e. The lowest BCUT2D eigenvalue weighted by Gasteiger charge is -2.32. The van der Waals surface area contributed by atoms with E-state index in [1.165, 1.54) is 12.1 Å². The number of phenolic OH excluding ortho intramolecular Hbond substituents is 1. The average Bonchev–Trinajstić information content (AvgIpc) is 3.04. The monoisotopic (exact) mass is 341 g/mol. The minimum atomic E-state index is -0.635. The van der Waals surface area contributed by atoms with E-state index in [0.717, 1.165) is 40.4 Å². The molecule has 0 saturated heterocycles. The number of nitrogens with one attached hydrogen (secondary N) is 1. The number of ether oxygens (including phenoxy) is 1. The van der Waals surface area contributed by atoms with Crippen molar-refractivity contribution in [3.8, 4) is 22.6 Å². The van der Waals surface area contributed by atoms with Gasteiger partial charge in [-0.05, 0) is 60.2 Å². The van der Waals surface area contributed by atoms with Crippen LogP contribution in [0.3, 0.4) is 0 Å². The van der Waals surface area contributed by atoms with Gasteiger partial charge < -0.3 is 15.6 Å². The van der Waals surface area contributed by atoms with Crippen LogP contribution >= 0.6 is 0 Å². The molecular weight excluding hydrogens is 321 g/mol. The van der Waals surface area contributed by atoms with Gasteiger partial charge in [0.15, 0.2) is 11.6 Å². The third kappa shape index (κ3) is 2.82. The van der Waals surface area contributed by atoms with Crippen molar-refractivity contribution in [2.24, 2.45) is 5.73 Å². The molecule has 1 fully saturated rings. The first kappa shape index (κ1) is 15.9. The number of aromatic hydroxyl groups is 1. The number of halogens is 1. The van der Waals surface area contributed by atoms with Crippen LogP contribution in [0.15, 0.2) is 30.5 Å². The average molecular weight is 341 g/mol. The minimum absolute atomic E-state index is 0.102. The highest BCUT2D eigenvalue weighted by molar-refractivity contribution is 5.90. The Morgan fingerprint density at radius 1 is 1.32 bits per heavy atom. The lowest BCUT2D eigenvalue weighted by molar-refractivity contribution is 0.103. The molecule has 4 N–H and O–H groups in total. The smallest absolute Gasteiger partial charge is 0.165 e. The van der Waals surface area contributed by atoms with Crippen LogP contribution in [0.25, 0.3) is 22.0 Å². The molecule has 0 unspecified atom stereocenters. The number of aromatic amines is 1. The van der Waals surface area contributed by atoms with E-state index in [0.29, 0.717) is 12.2 Å². The van der Waals surface area contributed by atoms with Gasteiger partial charge in [-0.1, -0.05) is 6.92 Å². The Labute approximate surface area is 144 Å². The normalized spacial score (nSPS) is 19.8. The Kier molecular flexibility index (Phi) is 3.84. The number of phenols is 1. The van der Waals surface area contributed by atoms with E-state index in [-0.39, 0.29) is 17.9 Å². The Balaban J connectivity index is 1.81. The quantitative estimate of drug-likeness (QED) is 0.678. The highest BCUT2D eigenvalue weighted by Crippen LogP contribution is 2.37. The maximum Gasteiger partial charge on any atom is 0.165 e. The van der Waals surface area contributed by atoms with Gasteiger partial charge in [0.25, 0.3) is 0 Å². The van der Waals surface area contributed by atoms with Crippen LogP contribution in [0.4, 0.5) is 4.39 Å². The number of fused-ring (bicyclic) bond motifs is 1. The number of benzene rings is 2. The van der Waals surface area contributed by atoms with Crippen molar-refractivity contribution < 1.29 is 14.2 Å². The molecule has 130 valence electrons. The zero-order valence-electron chi connectivity index (χ0n) is 13.9. The summed E-state index contributed by atoms with van der Waals surface area (Å²) in [5.41, 5.74) is 9.10. The van der Waals surface area contributed by atoms with E-state index in [1.807, 2.05) is 19.1 Å². The topological polar surface area (TPSA) is 84.2 Å². The highest BCUT2D eigenvalue weighted by atomic mass is 19.1. The van der Waals surface area contributed by atoms with Gasteiger partial charge in [0.2, 0.25) is 0 Å². The molecular formula is C19H20FN3O2. The van der Waals surface area contributed by atoms with Crippen LogP contribution in [-0.4, -0.2) is 27.4 Å². The second-order valence-electron chi connectivity index (χ2n) is 6.59. The van der Waals surface area contributed by atoms with Gasteiger partial charge in [0.05, 0.1) is 17.1 Å². The number of H-pyrrole nitrogens is 1. The number of hydrogen-bond donors (Lipinski definition) is 3. The van der Waals surface area contributed by atoms with Crippen molar-refractivity contribution in [2.75, 3.05) is 0 Å². The fourth-order valence-electron chi connectivity index (χ4n) is 3.32. The van der Waals surface area contributed by atoms with Gasteiger partial charge in [-0.3, -0.25) is 5.10 Å². The van der Waals surface area contributed by atoms with Gasteiger partial charge >= 0.3 is 0 Å².